The molecule has 1 heterocycles. The molecule has 1 fully saturated rings. The summed E-state index contributed by atoms with van der Waals surface area (Å²) in [5.41, 5.74) is 10.9. The van der Waals surface area contributed by atoms with E-state index in [2.05, 4.69) is 0 Å². The lowest BCUT2D eigenvalue weighted by molar-refractivity contribution is -0.159. The first-order valence-corrected chi connectivity index (χ1v) is 8.01. The average Bonchev–Trinajstić information content (AvgIpc) is 2.51. The van der Waals surface area contributed by atoms with Crippen LogP contribution in [0.4, 0.5) is 4.79 Å². The molecule has 0 aromatic rings. The molecular formula is C15H28N4O5. The minimum atomic E-state index is -1.24. The van der Waals surface area contributed by atoms with Gasteiger partial charge in [0, 0.05) is 26.2 Å². The fraction of sp³-hybridized carbons (Fsp3) is 0.800. The Kier molecular flexibility index (Phi) is 6.97. The number of hydrogen-bond acceptors (Lipinski definition) is 7. The van der Waals surface area contributed by atoms with Gasteiger partial charge in [-0.05, 0) is 27.7 Å². The number of carbonyl (C=O) groups excluding carboxylic acids is 3. The van der Waals surface area contributed by atoms with Gasteiger partial charge in [0.1, 0.15) is 17.7 Å². The molecular weight excluding hydrogens is 316 g/mol. The fourth-order valence-corrected chi connectivity index (χ4v) is 2.21. The highest BCUT2D eigenvalue weighted by atomic mass is 16.6. The Morgan fingerprint density at radius 1 is 1.00 bits per heavy atom. The predicted octanol–water partition coefficient (Wildman–Crippen LogP) is -0.717. The number of ether oxygens (including phenoxy) is 2. The van der Waals surface area contributed by atoms with Gasteiger partial charge in [-0.3, -0.25) is 9.59 Å². The van der Waals surface area contributed by atoms with Crippen LogP contribution in [0.25, 0.3) is 0 Å². The van der Waals surface area contributed by atoms with Crippen LogP contribution >= 0.6 is 0 Å². The zero-order valence-corrected chi connectivity index (χ0v) is 14.8. The van der Waals surface area contributed by atoms with Gasteiger partial charge in [0.05, 0.1) is 6.61 Å². The van der Waals surface area contributed by atoms with E-state index in [1.807, 2.05) is 0 Å². The third kappa shape index (κ3) is 5.64. The number of carbonyl (C=O) groups is 3. The molecule has 0 saturated carbocycles. The van der Waals surface area contributed by atoms with Crippen molar-refractivity contribution in [2.45, 2.75) is 45.4 Å². The van der Waals surface area contributed by atoms with Crippen LogP contribution < -0.4 is 11.5 Å². The number of hydrogen-bond donors (Lipinski definition) is 2. The van der Waals surface area contributed by atoms with E-state index in [1.165, 1.54) is 9.80 Å². The highest BCUT2D eigenvalue weighted by molar-refractivity contribution is 5.90. The van der Waals surface area contributed by atoms with Gasteiger partial charge in [-0.2, -0.15) is 0 Å². The Labute approximate surface area is 142 Å². The van der Waals surface area contributed by atoms with Gasteiger partial charge in [-0.1, -0.05) is 0 Å². The monoisotopic (exact) mass is 344 g/mol. The van der Waals surface area contributed by atoms with Crippen LogP contribution in [-0.4, -0.2) is 78.2 Å². The Morgan fingerprint density at radius 2 is 1.50 bits per heavy atom. The minimum absolute atomic E-state index is 0.299. The van der Waals surface area contributed by atoms with Gasteiger partial charge in [0.25, 0.3) is 0 Å². The van der Waals surface area contributed by atoms with E-state index in [4.69, 9.17) is 20.9 Å². The van der Waals surface area contributed by atoms with E-state index in [-0.39, 0.29) is 0 Å². The SMILES string of the molecule is CCOC(=O)N1CCN(C(=O)[C@@H](N)C(N)C(=O)OC(C)(C)C)CC1. The van der Waals surface area contributed by atoms with Crippen LogP contribution in [-0.2, 0) is 19.1 Å². The first-order valence-electron chi connectivity index (χ1n) is 8.01. The fourth-order valence-electron chi connectivity index (χ4n) is 2.21. The van der Waals surface area contributed by atoms with Crippen molar-refractivity contribution in [3.05, 3.63) is 0 Å². The Hall–Kier alpha value is -1.87. The van der Waals surface area contributed by atoms with Crippen molar-refractivity contribution in [3.63, 3.8) is 0 Å². The molecule has 0 aliphatic carbocycles. The zero-order valence-electron chi connectivity index (χ0n) is 14.8. The summed E-state index contributed by atoms with van der Waals surface area (Å²) in [5, 5.41) is 0. The van der Waals surface area contributed by atoms with Gasteiger partial charge in [-0.25, -0.2) is 4.79 Å². The van der Waals surface area contributed by atoms with Gasteiger partial charge in [0.15, 0.2) is 0 Å². The molecule has 2 amide bonds. The zero-order chi connectivity index (χ0) is 18.5. The third-order valence-electron chi connectivity index (χ3n) is 3.47. The second-order valence-electron chi connectivity index (χ2n) is 6.60. The van der Waals surface area contributed by atoms with Gasteiger partial charge in [0.2, 0.25) is 5.91 Å². The highest BCUT2D eigenvalue weighted by Gasteiger charge is 2.35. The number of nitrogens with zero attached hydrogens (tertiary/aromatic N) is 2. The molecule has 0 radical (unpaired) electrons. The van der Waals surface area contributed by atoms with Crippen LogP contribution in [0, 0.1) is 0 Å². The average molecular weight is 344 g/mol. The minimum Gasteiger partial charge on any atom is -0.459 e. The highest BCUT2D eigenvalue weighted by Crippen LogP contribution is 2.11. The molecule has 4 N–H and O–H groups in total. The molecule has 24 heavy (non-hydrogen) atoms. The quantitative estimate of drug-likeness (QED) is 0.644. The molecule has 0 spiro atoms. The number of rotatable bonds is 4. The van der Waals surface area contributed by atoms with Crippen LogP contribution in [0.2, 0.25) is 0 Å². The van der Waals surface area contributed by atoms with E-state index < -0.39 is 35.7 Å². The molecule has 0 aromatic carbocycles. The Bertz CT molecular complexity index is 469. The lowest BCUT2D eigenvalue weighted by Gasteiger charge is -2.36. The first kappa shape index (κ1) is 20.2. The van der Waals surface area contributed by atoms with Gasteiger partial charge >= 0.3 is 12.1 Å². The maximum absolute atomic E-state index is 12.4. The molecule has 9 heteroatoms. The topological polar surface area (TPSA) is 128 Å². The summed E-state index contributed by atoms with van der Waals surface area (Å²) in [5.74, 6) is -1.15. The van der Waals surface area contributed by atoms with Crippen molar-refractivity contribution in [1.82, 2.24) is 9.80 Å². The van der Waals surface area contributed by atoms with Crippen molar-refractivity contribution in [2.24, 2.45) is 11.5 Å². The molecule has 1 aliphatic rings. The van der Waals surface area contributed by atoms with E-state index in [9.17, 15) is 14.4 Å². The second kappa shape index (κ2) is 8.29. The van der Waals surface area contributed by atoms with Gasteiger partial charge in [-0.15, -0.1) is 0 Å². The van der Waals surface area contributed by atoms with E-state index in [0.29, 0.717) is 32.8 Å². The normalized spacial score (nSPS) is 17.9. The molecule has 0 aromatic heterocycles. The van der Waals surface area contributed by atoms with Crippen molar-refractivity contribution in [2.75, 3.05) is 32.8 Å². The molecule has 1 saturated heterocycles. The van der Waals surface area contributed by atoms with Crippen molar-refractivity contribution < 1.29 is 23.9 Å². The number of amides is 2. The van der Waals surface area contributed by atoms with E-state index >= 15 is 0 Å². The molecule has 2 atom stereocenters. The maximum atomic E-state index is 12.4. The molecule has 1 unspecified atom stereocenters. The second-order valence-corrected chi connectivity index (χ2v) is 6.60. The van der Waals surface area contributed by atoms with Crippen LogP contribution in [0.3, 0.4) is 0 Å². The smallest absolute Gasteiger partial charge is 0.409 e. The standard InChI is InChI=1S/C15H28N4O5/c1-5-23-14(22)19-8-6-18(7-9-19)12(20)10(16)11(17)13(21)24-15(2,3)4/h10-11H,5-9,16-17H2,1-4H3/t10-,11?/m0/s1. The van der Waals surface area contributed by atoms with E-state index in [0.717, 1.165) is 0 Å². The molecule has 138 valence electrons. The summed E-state index contributed by atoms with van der Waals surface area (Å²) in [6, 6.07) is -2.42. The summed E-state index contributed by atoms with van der Waals surface area (Å²) in [6.45, 7) is 8.47. The molecule has 1 aliphatic heterocycles. The summed E-state index contributed by atoms with van der Waals surface area (Å²) < 4.78 is 10.1. The molecule has 9 nitrogen and oxygen atoms in total. The summed E-state index contributed by atoms with van der Waals surface area (Å²) in [4.78, 5) is 39.0. The van der Waals surface area contributed by atoms with Crippen LogP contribution in [0.5, 0.6) is 0 Å². The summed E-state index contributed by atoms with van der Waals surface area (Å²) in [6.07, 6.45) is -0.403. The maximum Gasteiger partial charge on any atom is 0.409 e. The van der Waals surface area contributed by atoms with Gasteiger partial charge < -0.3 is 30.7 Å². The van der Waals surface area contributed by atoms with Crippen LogP contribution in [0.1, 0.15) is 27.7 Å². The summed E-state index contributed by atoms with van der Waals surface area (Å²) >= 11 is 0. The number of esters is 1. The largest absolute Gasteiger partial charge is 0.459 e. The lowest BCUT2D eigenvalue weighted by atomic mass is 10.1. The third-order valence-corrected chi connectivity index (χ3v) is 3.47. The number of nitrogens with two attached hydrogens (primary N) is 2. The Balaban J connectivity index is 2.55. The number of piperazine rings is 1. The van der Waals surface area contributed by atoms with Crippen molar-refractivity contribution in [1.29, 1.82) is 0 Å². The molecule has 1 rings (SSSR count). The van der Waals surface area contributed by atoms with Crippen LogP contribution in [0.15, 0.2) is 0 Å². The Morgan fingerprint density at radius 3 is 1.96 bits per heavy atom. The van der Waals surface area contributed by atoms with E-state index in [1.54, 1.807) is 27.7 Å². The van der Waals surface area contributed by atoms with Crippen molar-refractivity contribution in [3.8, 4) is 0 Å². The van der Waals surface area contributed by atoms with Crippen molar-refractivity contribution >= 4 is 18.0 Å². The lowest BCUT2D eigenvalue weighted by Crippen LogP contribution is -2.60. The summed E-state index contributed by atoms with van der Waals surface area (Å²) in [7, 11) is 0. The predicted molar refractivity (Wildman–Crippen MR) is 87.0 cm³/mol. The first-order chi connectivity index (χ1) is 11.1. The molecule has 0 bridgehead atoms.